The van der Waals surface area contributed by atoms with E-state index in [1.165, 1.54) is 4.90 Å². The van der Waals surface area contributed by atoms with Crippen molar-refractivity contribution in [3.63, 3.8) is 0 Å². The Morgan fingerprint density at radius 3 is 2.26 bits per heavy atom. The summed E-state index contributed by atoms with van der Waals surface area (Å²) in [6.45, 7) is 7.64. The standard InChI is InChI=1S/C29H41N3O5S/c1-21(28(34)30-24-11-7-8-12-24)31(19-22-10-9-13-26(18-22)37-5)27(33)20-32(38(6,35)36)25-16-14-23(15-17-25)29(2,3)4/h9-10,13-18,21,24H,7-8,11-12,19-20H2,1-6H3,(H,30,34)/t21-/m1/s1. The van der Waals surface area contributed by atoms with Gasteiger partial charge in [0.05, 0.1) is 19.1 Å². The van der Waals surface area contributed by atoms with Crippen LogP contribution in [-0.2, 0) is 31.6 Å². The van der Waals surface area contributed by atoms with E-state index in [2.05, 4.69) is 26.1 Å². The van der Waals surface area contributed by atoms with Gasteiger partial charge in [-0.2, -0.15) is 0 Å². The highest BCUT2D eigenvalue weighted by atomic mass is 32.2. The number of methoxy groups -OCH3 is 1. The van der Waals surface area contributed by atoms with E-state index in [1.807, 2.05) is 24.3 Å². The number of amides is 2. The molecule has 1 N–H and O–H groups in total. The van der Waals surface area contributed by atoms with E-state index in [0.29, 0.717) is 11.4 Å². The summed E-state index contributed by atoms with van der Waals surface area (Å²) in [4.78, 5) is 28.4. The first-order valence-corrected chi connectivity index (χ1v) is 15.0. The number of anilines is 1. The molecule has 1 aliphatic carbocycles. The van der Waals surface area contributed by atoms with Gasteiger partial charge < -0.3 is 15.0 Å². The van der Waals surface area contributed by atoms with Crippen molar-refractivity contribution in [1.82, 2.24) is 10.2 Å². The predicted octanol–water partition coefficient (Wildman–Crippen LogP) is 4.23. The molecule has 2 aromatic carbocycles. The number of carbonyl (C=O) groups excluding carboxylic acids is 2. The number of rotatable bonds is 10. The third-order valence-corrected chi connectivity index (χ3v) is 8.20. The minimum Gasteiger partial charge on any atom is -0.497 e. The van der Waals surface area contributed by atoms with Crippen LogP contribution in [0.2, 0.25) is 0 Å². The average molecular weight is 544 g/mol. The quantitative estimate of drug-likeness (QED) is 0.484. The summed E-state index contributed by atoms with van der Waals surface area (Å²) < 4.78 is 32.0. The second kappa shape index (κ2) is 12.2. The SMILES string of the molecule is COc1cccc(CN(C(=O)CN(c2ccc(C(C)(C)C)cc2)S(C)(=O)=O)[C@H](C)C(=O)NC2CCCC2)c1. The number of benzene rings is 2. The molecule has 3 rings (SSSR count). The van der Waals surface area contributed by atoms with E-state index in [0.717, 1.165) is 47.4 Å². The lowest BCUT2D eigenvalue weighted by Crippen LogP contribution is -2.52. The molecule has 0 unspecified atom stereocenters. The van der Waals surface area contributed by atoms with Gasteiger partial charge in [0.25, 0.3) is 0 Å². The summed E-state index contributed by atoms with van der Waals surface area (Å²) >= 11 is 0. The first-order chi connectivity index (χ1) is 17.8. The second-order valence-corrected chi connectivity index (χ2v) is 13.0. The zero-order valence-corrected chi connectivity index (χ0v) is 24.2. The molecule has 1 atom stereocenters. The molecule has 1 aliphatic rings. The minimum absolute atomic E-state index is 0.0973. The number of nitrogens with one attached hydrogen (secondary N) is 1. The number of ether oxygens (including phenoxy) is 1. The Hall–Kier alpha value is -3.07. The highest BCUT2D eigenvalue weighted by molar-refractivity contribution is 7.92. The molecule has 0 bridgehead atoms. The summed E-state index contributed by atoms with van der Waals surface area (Å²) in [5, 5.41) is 3.07. The van der Waals surface area contributed by atoms with Crippen molar-refractivity contribution in [2.45, 2.75) is 77.4 Å². The maximum atomic E-state index is 13.8. The van der Waals surface area contributed by atoms with Gasteiger partial charge >= 0.3 is 0 Å². The predicted molar refractivity (Wildman–Crippen MR) is 151 cm³/mol. The van der Waals surface area contributed by atoms with Gasteiger partial charge in [0.15, 0.2) is 0 Å². The van der Waals surface area contributed by atoms with Crippen molar-refractivity contribution in [2.75, 3.05) is 24.2 Å². The van der Waals surface area contributed by atoms with Crippen molar-refractivity contribution in [1.29, 1.82) is 0 Å². The van der Waals surface area contributed by atoms with Crippen LogP contribution >= 0.6 is 0 Å². The molecule has 1 fully saturated rings. The normalized spacial score (nSPS) is 15.1. The molecule has 38 heavy (non-hydrogen) atoms. The van der Waals surface area contributed by atoms with Gasteiger partial charge in [-0.25, -0.2) is 8.42 Å². The third kappa shape index (κ3) is 7.72. The summed E-state index contributed by atoms with van der Waals surface area (Å²) in [5.74, 6) is -0.0737. The summed E-state index contributed by atoms with van der Waals surface area (Å²) in [6.07, 6.45) is 5.08. The minimum atomic E-state index is -3.78. The fourth-order valence-corrected chi connectivity index (χ4v) is 5.53. The summed E-state index contributed by atoms with van der Waals surface area (Å²) in [7, 11) is -2.21. The van der Waals surface area contributed by atoms with E-state index < -0.39 is 28.5 Å². The Kier molecular flexibility index (Phi) is 9.46. The number of hydrogen-bond donors (Lipinski definition) is 1. The molecule has 0 saturated heterocycles. The Labute approximate surface area is 227 Å². The molecule has 0 spiro atoms. The second-order valence-electron chi connectivity index (χ2n) is 11.1. The van der Waals surface area contributed by atoms with E-state index in [4.69, 9.17) is 4.74 Å². The zero-order valence-electron chi connectivity index (χ0n) is 23.4. The molecular weight excluding hydrogens is 502 g/mol. The van der Waals surface area contributed by atoms with Crippen LogP contribution in [0.25, 0.3) is 0 Å². The third-order valence-electron chi connectivity index (χ3n) is 7.06. The van der Waals surface area contributed by atoms with E-state index in [-0.39, 0.29) is 23.9 Å². The number of hydrogen-bond acceptors (Lipinski definition) is 5. The lowest BCUT2D eigenvalue weighted by atomic mass is 9.87. The molecule has 2 amide bonds. The zero-order chi connectivity index (χ0) is 28.1. The van der Waals surface area contributed by atoms with Gasteiger partial charge in [-0.1, -0.05) is 57.9 Å². The van der Waals surface area contributed by atoms with E-state index in [9.17, 15) is 18.0 Å². The van der Waals surface area contributed by atoms with Crippen molar-refractivity contribution in [3.8, 4) is 5.75 Å². The van der Waals surface area contributed by atoms with Crippen LogP contribution in [0.1, 0.15) is 64.5 Å². The average Bonchev–Trinajstić information content (AvgIpc) is 3.37. The first-order valence-electron chi connectivity index (χ1n) is 13.1. The molecule has 0 aliphatic heterocycles. The summed E-state index contributed by atoms with van der Waals surface area (Å²) in [5.41, 5.74) is 2.13. The lowest BCUT2D eigenvalue weighted by molar-refractivity contribution is -0.139. The van der Waals surface area contributed by atoms with E-state index in [1.54, 1.807) is 38.3 Å². The monoisotopic (exact) mass is 543 g/mol. The van der Waals surface area contributed by atoms with Crippen LogP contribution in [0, 0.1) is 0 Å². The van der Waals surface area contributed by atoms with Gasteiger partial charge in [0.2, 0.25) is 21.8 Å². The summed E-state index contributed by atoms with van der Waals surface area (Å²) in [6, 6.07) is 13.8. The molecule has 2 aromatic rings. The fraction of sp³-hybridized carbons (Fsp3) is 0.517. The van der Waals surface area contributed by atoms with Gasteiger partial charge in [0.1, 0.15) is 18.3 Å². The Morgan fingerprint density at radius 2 is 1.71 bits per heavy atom. The van der Waals surface area contributed by atoms with Crippen molar-refractivity contribution in [2.24, 2.45) is 0 Å². The molecular formula is C29H41N3O5S. The van der Waals surface area contributed by atoms with Crippen LogP contribution in [0.5, 0.6) is 5.75 Å². The van der Waals surface area contributed by atoms with Gasteiger partial charge in [0, 0.05) is 12.6 Å². The van der Waals surface area contributed by atoms with Crippen molar-refractivity contribution >= 4 is 27.5 Å². The van der Waals surface area contributed by atoms with Gasteiger partial charge in [-0.3, -0.25) is 13.9 Å². The molecule has 8 nitrogen and oxygen atoms in total. The molecule has 1 saturated carbocycles. The van der Waals surface area contributed by atoms with Crippen molar-refractivity contribution < 1.29 is 22.7 Å². The molecule has 9 heteroatoms. The smallest absolute Gasteiger partial charge is 0.244 e. The van der Waals surface area contributed by atoms with E-state index >= 15 is 0 Å². The molecule has 0 radical (unpaired) electrons. The topological polar surface area (TPSA) is 96.0 Å². The molecule has 208 valence electrons. The van der Waals surface area contributed by atoms with Crippen LogP contribution < -0.4 is 14.4 Å². The fourth-order valence-electron chi connectivity index (χ4n) is 4.68. The Morgan fingerprint density at radius 1 is 1.08 bits per heavy atom. The molecule has 0 aromatic heterocycles. The van der Waals surface area contributed by atoms with Crippen LogP contribution in [0.15, 0.2) is 48.5 Å². The Bertz CT molecular complexity index is 1220. The first kappa shape index (κ1) is 29.5. The van der Waals surface area contributed by atoms with Gasteiger partial charge in [-0.05, 0) is 60.6 Å². The lowest BCUT2D eigenvalue weighted by Gasteiger charge is -2.32. The largest absolute Gasteiger partial charge is 0.497 e. The highest BCUT2D eigenvalue weighted by Crippen LogP contribution is 2.26. The highest BCUT2D eigenvalue weighted by Gasteiger charge is 2.31. The Balaban J connectivity index is 1.89. The van der Waals surface area contributed by atoms with Crippen LogP contribution in [0.4, 0.5) is 5.69 Å². The van der Waals surface area contributed by atoms with Crippen molar-refractivity contribution in [3.05, 3.63) is 59.7 Å². The van der Waals surface area contributed by atoms with Crippen LogP contribution in [0.3, 0.4) is 0 Å². The maximum Gasteiger partial charge on any atom is 0.244 e. The molecule has 0 heterocycles. The number of sulfonamides is 1. The number of carbonyl (C=O) groups is 2. The number of nitrogens with zero attached hydrogens (tertiary/aromatic N) is 2. The van der Waals surface area contributed by atoms with Crippen LogP contribution in [-0.4, -0.2) is 57.1 Å². The maximum absolute atomic E-state index is 13.8. The van der Waals surface area contributed by atoms with Gasteiger partial charge in [-0.15, -0.1) is 0 Å².